The molecular formula is C23H30N2O4. The number of para-hydroxylation sites is 1. The molecule has 0 saturated carbocycles. The smallest absolute Gasteiger partial charge is 0.254 e. The zero-order valence-electron chi connectivity index (χ0n) is 17.8. The summed E-state index contributed by atoms with van der Waals surface area (Å²) in [5, 5.41) is 2.88. The molecule has 0 aromatic heterocycles. The van der Waals surface area contributed by atoms with Crippen LogP contribution in [0.2, 0.25) is 0 Å². The first-order valence-corrected chi connectivity index (χ1v) is 9.85. The van der Waals surface area contributed by atoms with Crippen LogP contribution in [0, 0.1) is 6.92 Å². The molecule has 0 aliphatic carbocycles. The number of carbonyl (C=O) groups excluding carboxylic acids is 2. The molecule has 0 fully saturated rings. The second-order valence-electron chi connectivity index (χ2n) is 7.12. The van der Waals surface area contributed by atoms with Crippen molar-refractivity contribution in [1.82, 2.24) is 4.90 Å². The third-order valence-electron chi connectivity index (χ3n) is 4.31. The van der Waals surface area contributed by atoms with Gasteiger partial charge in [0.05, 0.1) is 13.2 Å². The molecule has 2 rings (SSSR count). The average molecular weight is 399 g/mol. The molecule has 2 aromatic carbocycles. The molecular weight excluding hydrogens is 368 g/mol. The largest absolute Gasteiger partial charge is 0.493 e. The van der Waals surface area contributed by atoms with E-state index in [4.69, 9.17) is 9.47 Å². The molecule has 0 aliphatic rings. The molecule has 156 valence electrons. The molecule has 0 aliphatic heterocycles. The lowest BCUT2D eigenvalue weighted by Crippen LogP contribution is -2.38. The van der Waals surface area contributed by atoms with Crippen molar-refractivity contribution < 1.29 is 19.1 Å². The minimum Gasteiger partial charge on any atom is -0.493 e. The Morgan fingerprint density at radius 1 is 1.10 bits per heavy atom. The van der Waals surface area contributed by atoms with Crippen molar-refractivity contribution in [3.8, 4) is 11.5 Å². The second-order valence-corrected chi connectivity index (χ2v) is 7.12. The van der Waals surface area contributed by atoms with Gasteiger partial charge >= 0.3 is 0 Å². The third kappa shape index (κ3) is 6.24. The van der Waals surface area contributed by atoms with Crippen LogP contribution >= 0.6 is 0 Å². The highest BCUT2D eigenvalue weighted by Crippen LogP contribution is 2.29. The summed E-state index contributed by atoms with van der Waals surface area (Å²) in [7, 11) is 1.54. The first-order chi connectivity index (χ1) is 13.8. The van der Waals surface area contributed by atoms with E-state index in [1.54, 1.807) is 23.1 Å². The van der Waals surface area contributed by atoms with Gasteiger partial charge in [-0.25, -0.2) is 0 Å². The van der Waals surface area contributed by atoms with E-state index in [-0.39, 0.29) is 24.5 Å². The Morgan fingerprint density at radius 2 is 1.83 bits per heavy atom. The first kappa shape index (κ1) is 22.3. The summed E-state index contributed by atoms with van der Waals surface area (Å²) < 4.78 is 11.1. The van der Waals surface area contributed by atoms with Crippen LogP contribution in [-0.4, -0.2) is 43.0 Å². The Bertz CT molecular complexity index is 849. The van der Waals surface area contributed by atoms with Crippen LogP contribution in [0.15, 0.2) is 42.5 Å². The van der Waals surface area contributed by atoms with E-state index in [9.17, 15) is 9.59 Å². The Morgan fingerprint density at radius 3 is 2.45 bits per heavy atom. The van der Waals surface area contributed by atoms with Gasteiger partial charge in [-0.15, -0.1) is 0 Å². The fourth-order valence-corrected chi connectivity index (χ4v) is 2.93. The van der Waals surface area contributed by atoms with E-state index >= 15 is 0 Å². The van der Waals surface area contributed by atoms with Gasteiger partial charge in [-0.05, 0) is 57.0 Å². The van der Waals surface area contributed by atoms with Crippen molar-refractivity contribution in [1.29, 1.82) is 0 Å². The van der Waals surface area contributed by atoms with Crippen LogP contribution in [0.1, 0.15) is 43.1 Å². The Labute approximate surface area is 172 Å². The minimum absolute atomic E-state index is 0.00724. The number of anilines is 1. The summed E-state index contributed by atoms with van der Waals surface area (Å²) in [5.41, 5.74) is 2.17. The van der Waals surface area contributed by atoms with Crippen LogP contribution in [0.4, 0.5) is 5.69 Å². The van der Waals surface area contributed by atoms with Gasteiger partial charge in [-0.2, -0.15) is 0 Å². The van der Waals surface area contributed by atoms with Gasteiger partial charge in [0.1, 0.15) is 6.54 Å². The van der Waals surface area contributed by atoms with Gasteiger partial charge in [0, 0.05) is 17.8 Å². The van der Waals surface area contributed by atoms with Gasteiger partial charge in [0.2, 0.25) is 5.91 Å². The summed E-state index contributed by atoms with van der Waals surface area (Å²) in [5.74, 6) is 0.623. The van der Waals surface area contributed by atoms with Gasteiger partial charge < -0.3 is 19.7 Å². The summed E-state index contributed by atoms with van der Waals surface area (Å²) in [4.78, 5) is 27.1. The fourth-order valence-electron chi connectivity index (χ4n) is 2.93. The van der Waals surface area contributed by atoms with Gasteiger partial charge in [-0.1, -0.05) is 25.1 Å². The highest BCUT2D eigenvalue weighted by atomic mass is 16.5. The molecule has 29 heavy (non-hydrogen) atoms. The number of hydrogen-bond acceptors (Lipinski definition) is 4. The molecule has 0 heterocycles. The zero-order chi connectivity index (χ0) is 21.4. The van der Waals surface area contributed by atoms with E-state index in [0.29, 0.717) is 23.6 Å². The maximum Gasteiger partial charge on any atom is 0.254 e. The van der Waals surface area contributed by atoms with Crippen molar-refractivity contribution in [2.24, 2.45) is 0 Å². The summed E-state index contributed by atoms with van der Waals surface area (Å²) in [6.07, 6.45) is 0.738. The number of amides is 2. The highest BCUT2D eigenvalue weighted by Gasteiger charge is 2.20. The Hall–Kier alpha value is -3.02. The summed E-state index contributed by atoms with van der Waals surface area (Å²) in [6.45, 7) is 8.21. The number of benzene rings is 2. The fraction of sp³-hybridized carbons (Fsp3) is 0.391. The van der Waals surface area contributed by atoms with E-state index < -0.39 is 0 Å². The molecule has 0 atom stereocenters. The lowest BCUT2D eigenvalue weighted by Gasteiger charge is -2.22. The number of rotatable bonds is 9. The maximum atomic E-state index is 13.0. The molecule has 0 bridgehead atoms. The number of aryl methyl sites for hydroxylation is 1. The monoisotopic (exact) mass is 398 g/mol. The van der Waals surface area contributed by atoms with E-state index in [2.05, 4.69) is 5.32 Å². The van der Waals surface area contributed by atoms with E-state index in [1.165, 1.54) is 7.11 Å². The van der Waals surface area contributed by atoms with Crippen molar-refractivity contribution in [2.75, 3.05) is 25.5 Å². The van der Waals surface area contributed by atoms with Crippen LogP contribution in [-0.2, 0) is 4.79 Å². The molecule has 6 nitrogen and oxygen atoms in total. The van der Waals surface area contributed by atoms with Crippen LogP contribution < -0.4 is 14.8 Å². The molecule has 2 aromatic rings. The van der Waals surface area contributed by atoms with Crippen LogP contribution in [0.3, 0.4) is 0 Å². The number of methoxy groups -OCH3 is 1. The van der Waals surface area contributed by atoms with Crippen LogP contribution in [0.5, 0.6) is 11.5 Å². The van der Waals surface area contributed by atoms with Crippen molar-refractivity contribution in [3.05, 3.63) is 53.6 Å². The molecule has 0 spiro atoms. The molecule has 0 radical (unpaired) electrons. The van der Waals surface area contributed by atoms with Crippen molar-refractivity contribution in [2.45, 2.75) is 40.2 Å². The molecule has 0 unspecified atom stereocenters. The predicted molar refractivity (Wildman–Crippen MR) is 115 cm³/mol. The van der Waals surface area contributed by atoms with Crippen LogP contribution in [0.25, 0.3) is 0 Å². The van der Waals surface area contributed by atoms with E-state index in [0.717, 1.165) is 17.7 Å². The normalized spacial score (nSPS) is 10.6. The minimum atomic E-state index is -0.229. The standard InChI is InChI=1S/C23H30N2O4/c1-6-13-25(15-22(26)24-19-10-8-7-9-17(19)4)23(27)18-11-12-20(29-16(2)3)21(14-18)28-5/h7-12,14,16H,6,13,15H2,1-5H3,(H,24,26). The zero-order valence-corrected chi connectivity index (χ0v) is 17.8. The number of carbonyl (C=O) groups is 2. The molecule has 2 amide bonds. The second kappa shape index (κ2) is 10.5. The number of nitrogens with zero attached hydrogens (tertiary/aromatic N) is 1. The number of nitrogens with one attached hydrogen (secondary N) is 1. The SMILES string of the molecule is CCCN(CC(=O)Nc1ccccc1C)C(=O)c1ccc(OC(C)C)c(OC)c1. The third-order valence-corrected chi connectivity index (χ3v) is 4.31. The lowest BCUT2D eigenvalue weighted by atomic mass is 10.1. The van der Waals surface area contributed by atoms with Gasteiger partial charge in [0.15, 0.2) is 11.5 Å². The Balaban J connectivity index is 2.16. The van der Waals surface area contributed by atoms with Crippen molar-refractivity contribution >= 4 is 17.5 Å². The average Bonchev–Trinajstić information content (AvgIpc) is 2.68. The molecule has 1 N–H and O–H groups in total. The first-order valence-electron chi connectivity index (χ1n) is 9.85. The molecule has 6 heteroatoms. The van der Waals surface area contributed by atoms with Gasteiger partial charge in [-0.3, -0.25) is 9.59 Å². The predicted octanol–water partition coefficient (Wildman–Crippen LogP) is 4.28. The molecule has 0 saturated heterocycles. The quantitative estimate of drug-likeness (QED) is 0.684. The van der Waals surface area contributed by atoms with E-state index in [1.807, 2.05) is 52.0 Å². The maximum absolute atomic E-state index is 13.0. The summed E-state index contributed by atoms with van der Waals surface area (Å²) in [6, 6.07) is 12.6. The summed E-state index contributed by atoms with van der Waals surface area (Å²) >= 11 is 0. The lowest BCUT2D eigenvalue weighted by molar-refractivity contribution is -0.116. The Kier molecular flexibility index (Phi) is 8.07. The number of hydrogen-bond donors (Lipinski definition) is 1. The van der Waals surface area contributed by atoms with Crippen molar-refractivity contribution in [3.63, 3.8) is 0 Å². The highest BCUT2D eigenvalue weighted by molar-refractivity contribution is 6.00. The van der Waals surface area contributed by atoms with Gasteiger partial charge in [0.25, 0.3) is 5.91 Å². The topological polar surface area (TPSA) is 67.9 Å². The number of ether oxygens (including phenoxy) is 2.